The van der Waals surface area contributed by atoms with Crippen molar-refractivity contribution in [1.82, 2.24) is 5.32 Å². The van der Waals surface area contributed by atoms with E-state index in [9.17, 15) is 0 Å². The Bertz CT molecular complexity index is 386. The van der Waals surface area contributed by atoms with Gasteiger partial charge in [-0.3, -0.25) is 0 Å². The lowest BCUT2D eigenvalue weighted by molar-refractivity contribution is 0.0186. The van der Waals surface area contributed by atoms with Gasteiger partial charge in [0.15, 0.2) is 0 Å². The van der Waals surface area contributed by atoms with E-state index in [0.717, 1.165) is 36.2 Å². The topological polar surface area (TPSA) is 30.5 Å². The van der Waals surface area contributed by atoms with Gasteiger partial charge in [-0.05, 0) is 44.0 Å². The van der Waals surface area contributed by atoms with Crippen LogP contribution in [0.25, 0.3) is 0 Å². The predicted octanol–water partition coefficient (Wildman–Crippen LogP) is 3.38. The molecule has 1 saturated heterocycles. The van der Waals surface area contributed by atoms with Gasteiger partial charge in [-0.1, -0.05) is 28.9 Å². The SMILES string of the molecule is CCCNCC1CCC(COc2cccc(Br)c2)O1. The molecule has 0 aromatic heterocycles. The van der Waals surface area contributed by atoms with Gasteiger partial charge in [-0.15, -0.1) is 0 Å². The Morgan fingerprint density at radius 2 is 2.21 bits per heavy atom. The number of hydrogen-bond donors (Lipinski definition) is 1. The first-order chi connectivity index (χ1) is 9.28. The molecule has 0 spiro atoms. The number of ether oxygens (including phenoxy) is 2. The first-order valence-electron chi connectivity index (χ1n) is 7.02. The average molecular weight is 328 g/mol. The van der Waals surface area contributed by atoms with Gasteiger partial charge in [0, 0.05) is 11.0 Å². The molecular weight excluding hydrogens is 306 g/mol. The third-order valence-electron chi connectivity index (χ3n) is 3.23. The second-order valence-corrected chi connectivity index (χ2v) is 5.85. The van der Waals surface area contributed by atoms with Gasteiger partial charge >= 0.3 is 0 Å². The van der Waals surface area contributed by atoms with Crippen LogP contribution in [0.2, 0.25) is 0 Å². The second-order valence-electron chi connectivity index (χ2n) is 4.93. The fourth-order valence-electron chi connectivity index (χ4n) is 2.24. The van der Waals surface area contributed by atoms with Crippen molar-refractivity contribution in [2.45, 2.75) is 38.4 Å². The van der Waals surface area contributed by atoms with E-state index in [4.69, 9.17) is 9.47 Å². The van der Waals surface area contributed by atoms with Crippen LogP contribution in [-0.4, -0.2) is 31.9 Å². The van der Waals surface area contributed by atoms with E-state index in [0.29, 0.717) is 12.7 Å². The van der Waals surface area contributed by atoms with Crippen LogP contribution in [0.3, 0.4) is 0 Å². The average Bonchev–Trinajstić information content (AvgIpc) is 2.85. The Morgan fingerprint density at radius 1 is 1.37 bits per heavy atom. The number of halogens is 1. The Morgan fingerprint density at radius 3 is 3.00 bits per heavy atom. The van der Waals surface area contributed by atoms with Gasteiger partial charge in [-0.25, -0.2) is 0 Å². The summed E-state index contributed by atoms with van der Waals surface area (Å²) >= 11 is 3.44. The van der Waals surface area contributed by atoms with E-state index < -0.39 is 0 Å². The van der Waals surface area contributed by atoms with Gasteiger partial charge in [-0.2, -0.15) is 0 Å². The van der Waals surface area contributed by atoms with E-state index in [-0.39, 0.29) is 6.10 Å². The zero-order chi connectivity index (χ0) is 13.5. The third-order valence-corrected chi connectivity index (χ3v) is 3.72. The van der Waals surface area contributed by atoms with Crippen molar-refractivity contribution < 1.29 is 9.47 Å². The molecule has 1 aromatic rings. The van der Waals surface area contributed by atoms with Crippen LogP contribution >= 0.6 is 15.9 Å². The van der Waals surface area contributed by atoms with Crippen molar-refractivity contribution >= 4 is 15.9 Å². The molecule has 1 N–H and O–H groups in total. The molecule has 106 valence electrons. The highest BCUT2D eigenvalue weighted by atomic mass is 79.9. The van der Waals surface area contributed by atoms with Gasteiger partial charge in [0.05, 0.1) is 12.2 Å². The van der Waals surface area contributed by atoms with Gasteiger partial charge in [0.25, 0.3) is 0 Å². The van der Waals surface area contributed by atoms with Crippen LogP contribution in [0, 0.1) is 0 Å². The van der Waals surface area contributed by atoms with Crippen LogP contribution in [-0.2, 0) is 4.74 Å². The Balaban J connectivity index is 1.67. The highest BCUT2D eigenvalue weighted by Gasteiger charge is 2.25. The Hall–Kier alpha value is -0.580. The highest BCUT2D eigenvalue weighted by Crippen LogP contribution is 2.22. The van der Waals surface area contributed by atoms with E-state index in [2.05, 4.69) is 28.2 Å². The fourth-order valence-corrected chi connectivity index (χ4v) is 2.62. The maximum atomic E-state index is 5.96. The van der Waals surface area contributed by atoms with E-state index in [1.54, 1.807) is 0 Å². The molecule has 1 fully saturated rings. The molecule has 2 atom stereocenters. The van der Waals surface area contributed by atoms with E-state index in [1.807, 2.05) is 24.3 Å². The molecule has 0 radical (unpaired) electrons. The van der Waals surface area contributed by atoms with Crippen molar-refractivity contribution in [2.24, 2.45) is 0 Å². The summed E-state index contributed by atoms with van der Waals surface area (Å²) in [4.78, 5) is 0. The standard InChI is InChI=1S/C15H22BrNO2/c1-2-8-17-10-14-6-7-15(19-14)11-18-13-5-3-4-12(16)9-13/h3-5,9,14-15,17H,2,6-8,10-11H2,1H3. The monoisotopic (exact) mass is 327 g/mol. The summed E-state index contributed by atoms with van der Waals surface area (Å²) in [6.45, 7) is 4.85. The molecule has 2 unspecified atom stereocenters. The summed E-state index contributed by atoms with van der Waals surface area (Å²) in [5, 5.41) is 3.41. The van der Waals surface area contributed by atoms with Crippen LogP contribution in [0.4, 0.5) is 0 Å². The fraction of sp³-hybridized carbons (Fsp3) is 0.600. The maximum absolute atomic E-state index is 5.96. The van der Waals surface area contributed by atoms with Crippen LogP contribution in [0.15, 0.2) is 28.7 Å². The molecule has 0 bridgehead atoms. The predicted molar refractivity (Wildman–Crippen MR) is 80.7 cm³/mol. The quantitative estimate of drug-likeness (QED) is 0.779. The summed E-state index contributed by atoms with van der Waals surface area (Å²) < 4.78 is 12.8. The smallest absolute Gasteiger partial charge is 0.120 e. The van der Waals surface area contributed by atoms with Gasteiger partial charge in [0.2, 0.25) is 0 Å². The zero-order valence-corrected chi connectivity index (χ0v) is 13.0. The number of nitrogens with one attached hydrogen (secondary N) is 1. The van der Waals surface area contributed by atoms with Crippen molar-refractivity contribution in [2.75, 3.05) is 19.7 Å². The summed E-state index contributed by atoms with van der Waals surface area (Å²) in [6.07, 6.45) is 3.97. The number of rotatable bonds is 7. The molecule has 1 heterocycles. The molecule has 3 nitrogen and oxygen atoms in total. The van der Waals surface area contributed by atoms with Crippen molar-refractivity contribution in [1.29, 1.82) is 0 Å². The number of benzene rings is 1. The molecule has 1 aromatic carbocycles. The molecule has 19 heavy (non-hydrogen) atoms. The minimum absolute atomic E-state index is 0.229. The number of hydrogen-bond acceptors (Lipinski definition) is 3. The summed E-state index contributed by atoms with van der Waals surface area (Å²) in [5.41, 5.74) is 0. The summed E-state index contributed by atoms with van der Waals surface area (Å²) in [7, 11) is 0. The first kappa shape index (κ1) is 14.8. The third kappa shape index (κ3) is 5.13. The van der Waals surface area contributed by atoms with Gasteiger partial charge in [0.1, 0.15) is 12.4 Å². The molecule has 0 saturated carbocycles. The summed E-state index contributed by atoms with van der Waals surface area (Å²) in [6, 6.07) is 7.93. The lowest BCUT2D eigenvalue weighted by Crippen LogP contribution is -2.28. The van der Waals surface area contributed by atoms with Gasteiger partial charge < -0.3 is 14.8 Å². The van der Waals surface area contributed by atoms with Crippen LogP contribution in [0.5, 0.6) is 5.75 Å². The van der Waals surface area contributed by atoms with Crippen molar-refractivity contribution in [3.8, 4) is 5.75 Å². The second kappa shape index (κ2) is 7.88. The lowest BCUT2D eigenvalue weighted by atomic mass is 10.2. The zero-order valence-electron chi connectivity index (χ0n) is 11.4. The lowest BCUT2D eigenvalue weighted by Gasteiger charge is -2.15. The maximum Gasteiger partial charge on any atom is 0.120 e. The molecule has 0 aliphatic carbocycles. The molecule has 1 aliphatic rings. The minimum atomic E-state index is 0.229. The summed E-state index contributed by atoms with van der Waals surface area (Å²) in [5.74, 6) is 0.894. The molecular formula is C15H22BrNO2. The van der Waals surface area contributed by atoms with E-state index >= 15 is 0 Å². The van der Waals surface area contributed by atoms with Crippen molar-refractivity contribution in [3.63, 3.8) is 0 Å². The molecule has 1 aliphatic heterocycles. The normalized spacial score (nSPS) is 22.6. The highest BCUT2D eigenvalue weighted by molar-refractivity contribution is 9.10. The molecule has 0 amide bonds. The molecule has 4 heteroatoms. The largest absolute Gasteiger partial charge is 0.491 e. The van der Waals surface area contributed by atoms with E-state index in [1.165, 1.54) is 6.42 Å². The molecule has 2 rings (SSSR count). The van der Waals surface area contributed by atoms with Crippen molar-refractivity contribution in [3.05, 3.63) is 28.7 Å². The Kier molecular flexibility index (Phi) is 6.14. The van der Waals surface area contributed by atoms with Crippen LogP contribution in [0.1, 0.15) is 26.2 Å². The minimum Gasteiger partial charge on any atom is -0.491 e. The first-order valence-corrected chi connectivity index (χ1v) is 7.81. The Labute approximate surface area is 123 Å². The van der Waals surface area contributed by atoms with Crippen LogP contribution < -0.4 is 10.1 Å².